The largest absolute Gasteiger partial charge is 0.442 e. The smallest absolute Gasteiger partial charge is 0.166 e. The fourth-order valence-corrected chi connectivity index (χ4v) is 1.90. The molecule has 0 amide bonds. The molecule has 6 heteroatoms. The molecule has 0 saturated heterocycles. The quantitative estimate of drug-likeness (QED) is 0.745. The van der Waals surface area contributed by atoms with Crippen molar-refractivity contribution in [3.05, 3.63) is 35.4 Å². The van der Waals surface area contributed by atoms with E-state index in [9.17, 15) is 13.2 Å². The minimum absolute atomic E-state index is 0.0904. The molecule has 92 valence electrons. The van der Waals surface area contributed by atoms with Gasteiger partial charge in [0.05, 0.1) is 0 Å². The molecule has 1 heterocycles. The van der Waals surface area contributed by atoms with Crippen LogP contribution in [-0.4, -0.2) is 11.5 Å². The fourth-order valence-electron chi connectivity index (χ4n) is 1.62. The van der Waals surface area contributed by atoms with Crippen molar-refractivity contribution in [3.63, 3.8) is 0 Å². The van der Waals surface area contributed by atoms with Gasteiger partial charge in [0.1, 0.15) is 0 Å². The summed E-state index contributed by atoms with van der Waals surface area (Å²) in [5, 5.41) is 7.20. The van der Waals surface area contributed by atoms with Crippen LogP contribution >= 0.6 is 15.9 Å². The number of hydrogen-bond donors (Lipinski definition) is 0. The summed E-state index contributed by atoms with van der Waals surface area (Å²) in [6.45, 7) is 0. The Morgan fingerprint density at radius 2 is 1.71 bits per heavy atom. The van der Waals surface area contributed by atoms with Gasteiger partial charge >= 0.3 is 11.8 Å². The van der Waals surface area contributed by atoms with Gasteiger partial charge in [0.15, 0.2) is 0 Å². The molecule has 0 aromatic heterocycles. The van der Waals surface area contributed by atoms with E-state index in [0.29, 0.717) is 0 Å². The number of halogens is 4. The van der Waals surface area contributed by atoms with Gasteiger partial charge in [-0.1, -0.05) is 40.2 Å². The average molecular weight is 307 g/mol. The highest BCUT2D eigenvalue weighted by molar-refractivity contribution is 9.09. The maximum Gasteiger partial charge on any atom is 0.442 e. The predicted molar refractivity (Wildman–Crippen MR) is 61.1 cm³/mol. The zero-order valence-corrected chi connectivity index (χ0v) is 10.4. The highest BCUT2D eigenvalue weighted by Gasteiger charge is 2.65. The summed E-state index contributed by atoms with van der Waals surface area (Å²) in [5.41, 5.74) is -1.18. The van der Waals surface area contributed by atoms with Crippen LogP contribution in [0.2, 0.25) is 0 Å². The number of aryl methyl sites for hydroxylation is 1. The molecule has 0 unspecified atom stereocenters. The summed E-state index contributed by atoms with van der Waals surface area (Å²) in [6, 6.07) is 6.32. The maximum atomic E-state index is 12.7. The normalized spacial score (nSPS) is 17.2. The summed E-state index contributed by atoms with van der Waals surface area (Å²) >= 11 is 3.31. The minimum atomic E-state index is -4.44. The van der Waals surface area contributed by atoms with Crippen molar-refractivity contribution in [3.8, 4) is 0 Å². The molecule has 0 aliphatic carbocycles. The summed E-state index contributed by atoms with van der Waals surface area (Å²) in [7, 11) is 0. The fraction of sp³-hybridized carbons (Fsp3) is 0.455. The number of alkyl halides is 4. The van der Waals surface area contributed by atoms with Crippen LogP contribution in [0.5, 0.6) is 0 Å². The van der Waals surface area contributed by atoms with Crippen LogP contribution in [0.4, 0.5) is 13.2 Å². The third-order valence-electron chi connectivity index (χ3n) is 2.65. The molecular formula is C11H10BrF3N2. The molecule has 0 atom stereocenters. The van der Waals surface area contributed by atoms with E-state index in [1.807, 2.05) is 0 Å². The Morgan fingerprint density at radius 3 is 2.12 bits per heavy atom. The van der Waals surface area contributed by atoms with E-state index in [0.717, 1.165) is 23.7 Å². The van der Waals surface area contributed by atoms with Gasteiger partial charge in [-0.2, -0.15) is 13.2 Å². The molecule has 0 saturated carbocycles. The molecule has 2 rings (SSSR count). The predicted octanol–water partition coefficient (Wildman–Crippen LogP) is 4.20. The first kappa shape index (κ1) is 12.5. The molecule has 2 nitrogen and oxygen atoms in total. The van der Waals surface area contributed by atoms with Crippen molar-refractivity contribution in [2.45, 2.75) is 24.7 Å². The van der Waals surface area contributed by atoms with Gasteiger partial charge in [-0.05, 0) is 18.4 Å². The Balaban J connectivity index is 2.14. The van der Waals surface area contributed by atoms with Crippen molar-refractivity contribution in [1.29, 1.82) is 0 Å². The topological polar surface area (TPSA) is 24.7 Å². The van der Waals surface area contributed by atoms with Crippen LogP contribution < -0.4 is 0 Å². The highest BCUT2D eigenvalue weighted by Crippen LogP contribution is 2.52. The number of benzene rings is 1. The lowest BCUT2D eigenvalue weighted by Gasteiger charge is -2.14. The lowest BCUT2D eigenvalue weighted by molar-refractivity contribution is -0.166. The van der Waals surface area contributed by atoms with E-state index in [-0.39, 0.29) is 5.56 Å². The van der Waals surface area contributed by atoms with Crippen LogP contribution in [0, 0.1) is 0 Å². The third-order valence-corrected chi connectivity index (χ3v) is 3.21. The van der Waals surface area contributed by atoms with Gasteiger partial charge in [-0.15, -0.1) is 10.2 Å². The van der Waals surface area contributed by atoms with Crippen LogP contribution in [0.1, 0.15) is 17.5 Å². The lowest BCUT2D eigenvalue weighted by atomic mass is 10.00. The monoisotopic (exact) mass is 306 g/mol. The van der Waals surface area contributed by atoms with Gasteiger partial charge in [-0.3, -0.25) is 0 Å². The molecular weight excluding hydrogens is 297 g/mol. The van der Waals surface area contributed by atoms with Crippen molar-refractivity contribution < 1.29 is 13.2 Å². The zero-order chi connectivity index (χ0) is 12.5. The van der Waals surface area contributed by atoms with Crippen LogP contribution in [0.25, 0.3) is 0 Å². The van der Waals surface area contributed by atoms with E-state index in [1.54, 1.807) is 12.1 Å². The Kier molecular flexibility index (Phi) is 3.25. The van der Waals surface area contributed by atoms with E-state index in [4.69, 9.17) is 0 Å². The lowest BCUT2D eigenvalue weighted by Crippen LogP contribution is -2.30. The standard InChI is InChI=1S/C11H10BrF3N2/c12-7-1-2-8-3-5-9(6-4-8)10(16-17-10)11(13,14)15/h3-6H,1-2,7H2. The molecule has 0 spiro atoms. The molecule has 1 aromatic rings. The molecule has 1 aliphatic rings. The minimum Gasteiger partial charge on any atom is -0.166 e. The first-order chi connectivity index (χ1) is 7.99. The first-order valence-corrected chi connectivity index (χ1v) is 6.28. The average Bonchev–Trinajstić information content (AvgIpc) is 3.07. The van der Waals surface area contributed by atoms with Crippen molar-refractivity contribution in [1.82, 2.24) is 0 Å². The summed E-state index contributed by atoms with van der Waals surface area (Å²) < 4.78 is 38.1. The first-order valence-electron chi connectivity index (χ1n) is 5.16. The number of rotatable bonds is 4. The number of nitrogens with zero attached hydrogens (tertiary/aromatic N) is 2. The van der Waals surface area contributed by atoms with Crippen molar-refractivity contribution in [2.75, 3.05) is 5.33 Å². The number of hydrogen-bond acceptors (Lipinski definition) is 2. The molecule has 0 bridgehead atoms. The second-order valence-corrected chi connectivity index (χ2v) is 4.65. The van der Waals surface area contributed by atoms with E-state index in [2.05, 4.69) is 26.2 Å². The maximum absolute atomic E-state index is 12.7. The Bertz CT molecular complexity index is 419. The molecule has 1 aliphatic heterocycles. The zero-order valence-electron chi connectivity index (χ0n) is 8.84. The van der Waals surface area contributed by atoms with Crippen LogP contribution in [0.3, 0.4) is 0 Å². The Morgan fingerprint density at radius 1 is 1.12 bits per heavy atom. The van der Waals surface area contributed by atoms with Crippen LogP contribution in [-0.2, 0) is 12.1 Å². The Hall–Kier alpha value is -0.910. The van der Waals surface area contributed by atoms with Crippen LogP contribution in [0.15, 0.2) is 34.5 Å². The van der Waals surface area contributed by atoms with Gasteiger partial charge in [0, 0.05) is 10.9 Å². The van der Waals surface area contributed by atoms with Gasteiger partial charge < -0.3 is 0 Å². The van der Waals surface area contributed by atoms with E-state index < -0.39 is 11.8 Å². The second-order valence-electron chi connectivity index (χ2n) is 3.86. The van der Waals surface area contributed by atoms with Crippen molar-refractivity contribution >= 4 is 15.9 Å². The summed E-state index contributed by atoms with van der Waals surface area (Å²) in [5.74, 6) is 0. The van der Waals surface area contributed by atoms with E-state index >= 15 is 0 Å². The second kappa shape index (κ2) is 4.40. The molecule has 1 aromatic carbocycles. The summed E-state index contributed by atoms with van der Waals surface area (Å²) in [4.78, 5) is 0. The van der Waals surface area contributed by atoms with Gasteiger partial charge in [0.25, 0.3) is 0 Å². The third kappa shape index (κ3) is 2.36. The van der Waals surface area contributed by atoms with Crippen molar-refractivity contribution in [2.24, 2.45) is 10.2 Å². The molecule has 0 fully saturated rings. The highest BCUT2D eigenvalue weighted by atomic mass is 79.9. The van der Waals surface area contributed by atoms with E-state index in [1.165, 1.54) is 12.1 Å². The van der Waals surface area contributed by atoms with Gasteiger partial charge in [0.2, 0.25) is 0 Å². The molecule has 0 N–H and O–H groups in total. The SMILES string of the molecule is FC(F)(F)C1(c2ccc(CCCBr)cc2)N=N1. The van der Waals surface area contributed by atoms with Gasteiger partial charge in [-0.25, -0.2) is 0 Å². The Labute approximate surface area is 105 Å². The summed E-state index contributed by atoms with van der Waals surface area (Å²) in [6.07, 6.45) is -2.64. The molecule has 17 heavy (non-hydrogen) atoms. The molecule has 0 radical (unpaired) electrons.